The van der Waals surface area contributed by atoms with E-state index in [2.05, 4.69) is 35.9 Å². The van der Waals surface area contributed by atoms with Crippen molar-refractivity contribution in [2.75, 3.05) is 6.54 Å². The highest BCUT2D eigenvalue weighted by atomic mass is 35.5. The molecule has 22 heavy (non-hydrogen) atoms. The number of nitrogens with one attached hydrogen (secondary N) is 1. The lowest BCUT2D eigenvalue weighted by Gasteiger charge is -2.04. The number of aryl methyl sites for hydroxylation is 2. The molecule has 0 atom stereocenters. The van der Waals surface area contributed by atoms with Gasteiger partial charge in [0.2, 0.25) is 0 Å². The Morgan fingerprint density at radius 1 is 1.23 bits per heavy atom. The van der Waals surface area contributed by atoms with Gasteiger partial charge in [0, 0.05) is 25.0 Å². The fourth-order valence-corrected chi connectivity index (χ4v) is 2.38. The number of carbonyl (C=O) groups is 1. The molecule has 0 fully saturated rings. The Bertz CT molecular complexity index is 578. The molecule has 3 nitrogen and oxygen atoms in total. The van der Waals surface area contributed by atoms with Crippen molar-refractivity contribution in [2.24, 2.45) is 0 Å². The maximum absolute atomic E-state index is 12.1. The minimum atomic E-state index is 0. The van der Waals surface area contributed by atoms with Crippen LogP contribution in [-0.4, -0.2) is 17.0 Å². The van der Waals surface area contributed by atoms with Gasteiger partial charge < -0.3 is 9.88 Å². The Morgan fingerprint density at radius 2 is 1.95 bits per heavy atom. The predicted octanol–water partition coefficient (Wildman–Crippen LogP) is 3.99. The summed E-state index contributed by atoms with van der Waals surface area (Å²) in [6.45, 7) is 5.88. The second-order valence-electron chi connectivity index (χ2n) is 5.41. The molecule has 2 rings (SSSR count). The van der Waals surface area contributed by atoms with Crippen LogP contribution < -0.4 is 5.32 Å². The molecular formula is C18H25ClN2O. The number of unbranched alkanes of at least 4 members (excludes halogenated alkanes) is 1. The molecule has 120 valence electrons. The van der Waals surface area contributed by atoms with Crippen LogP contribution in [0.3, 0.4) is 0 Å². The van der Waals surface area contributed by atoms with Crippen LogP contribution in [-0.2, 0) is 13.0 Å². The summed E-state index contributed by atoms with van der Waals surface area (Å²) in [7, 11) is 0. The van der Waals surface area contributed by atoms with Crippen molar-refractivity contribution in [1.29, 1.82) is 0 Å². The van der Waals surface area contributed by atoms with E-state index in [0.29, 0.717) is 6.54 Å². The molecule has 1 aromatic carbocycles. The van der Waals surface area contributed by atoms with E-state index in [-0.39, 0.29) is 18.3 Å². The quantitative estimate of drug-likeness (QED) is 0.822. The van der Waals surface area contributed by atoms with Gasteiger partial charge in [-0.2, -0.15) is 0 Å². The van der Waals surface area contributed by atoms with Gasteiger partial charge in [0.05, 0.1) is 5.56 Å². The van der Waals surface area contributed by atoms with E-state index in [1.165, 1.54) is 5.56 Å². The van der Waals surface area contributed by atoms with Crippen LogP contribution >= 0.6 is 12.4 Å². The fraction of sp³-hybridized carbons (Fsp3) is 0.389. The highest BCUT2D eigenvalue weighted by Gasteiger charge is 2.09. The number of aromatic nitrogens is 1. The fourth-order valence-electron chi connectivity index (χ4n) is 2.38. The average molecular weight is 321 g/mol. The van der Waals surface area contributed by atoms with E-state index in [1.54, 1.807) is 0 Å². The number of nitrogens with zero attached hydrogens (tertiary/aromatic N) is 1. The molecule has 0 aliphatic carbocycles. The van der Waals surface area contributed by atoms with Gasteiger partial charge in [-0.25, -0.2) is 0 Å². The lowest BCUT2D eigenvalue weighted by atomic mass is 10.1. The maximum atomic E-state index is 12.1. The van der Waals surface area contributed by atoms with Crippen molar-refractivity contribution >= 4 is 18.3 Å². The number of hydrogen-bond donors (Lipinski definition) is 1. The van der Waals surface area contributed by atoms with Gasteiger partial charge in [-0.05, 0) is 31.4 Å². The van der Waals surface area contributed by atoms with Gasteiger partial charge in [-0.1, -0.05) is 43.7 Å². The number of amides is 1. The van der Waals surface area contributed by atoms with Crippen LogP contribution in [0.5, 0.6) is 0 Å². The largest absolute Gasteiger partial charge is 0.352 e. The Labute approximate surface area is 139 Å². The Morgan fingerprint density at radius 3 is 2.64 bits per heavy atom. The van der Waals surface area contributed by atoms with Crippen molar-refractivity contribution in [1.82, 2.24) is 9.88 Å². The van der Waals surface area contributed by atoms with Crippen molar-refractivity contribution in [3.05, 3.63) is 59.4 Å². The van der Waals surface area contributed by atoms with Gasteiger partial charge in [-0.3, -0.25) is 4.79 Å². The van der Waals surface area contributed by atoms with Crippen molar-refractivity contribution in [2.45, 2.75) is 39.7 Å². The number of benzene rings is 1. The lowest BCUT2D eigenvalue weighted by Crippen LogP contribution is -2.25. The summed E-state index contributed by atoms with van der Waals surface area (Å²) in [5.41, 5.74) is 3.16. The molecule has 0 saturated heterocycles. The van der Waals surface area contributed by atoms with E-state index in [9.17, 15) is 4.79 Å². The average Bonchev–Trinajstić information content (AvgIpc) is 2.87. The molecule has 4 heteroatoms. The zero-order chi connectivity index (χ0) is 15.1. The number of carbonyl (C=O) groups excluding carboxylic acids is 1. The normalized spacial score (nSPS) is 10.1. The van der Waals surface area contributed by atoms with Crippen molar-refractivity contribution < 1.29 is 4.79 Å². The predicted molar refractivity (Wildman–Crippen MR) is 93.8 cm³/mol. The molecular weight excluding hydrogens is 296 g/mol. The van der Waals surface area contributed by atoms with E-state index in [1.807, 2.05) is 30.5 Å². The summed E-state index contributed by atoms with van der Waals surface area (Å²) in [6.07, 6.45) is 5.13. The molecule has 0 bridgehead atoms. The van der Waals surface area contributed by atoms with Gasteiger partial charge in [0.25, 0.3) is 5.91 Å². The third-order valence-corrected chi connectivity index (χ3v) is 3.67. The first kappa shape index (κ1) is 18.3. The number of halogens is 1. The van der Waals surface area contributed by atoms with Crippen LogP contribution in [0.2, 0.25) is 0 Å². The van der Waals surface area contributed by atoms with Crippen molar-refractivity contribution in [3.8, 4) is 0 Å². The topological polar surface area (TPSA) is 34.0 Å². The van der Waals surface area contributed by atoms with Gasteiger partial charge >= 0.3 is 0 Å². The molecule has 0 saturated carbocycles. The van der Waals surface area contributed by atoms with Gasteiger partial charge in [0.15, 0.2) is 0 Å². The van der Waals surface area contributed by atoms with Gasteiger partial charge in [0.1, 0.15) is 0 Å². The first-order valence-corrected chi connectivity index (χ1v) is 7.69. The summed E-state index contributed by atoms with van der Waals surface area (Å²) in [6, 6.07) is 12.2. The lowest BCUT2D eigenvalue weighted by molar-refractivity contribution is 0.0954. The third-order valence-electron chi connectivity index (χ3n) is 3.67. The molecule has 0 spiro atoms. The summed E-state index contributed by atoms with van der Waals surface area (Å²) in [5.74, 6) is 0.0179. The van der Waals surface area contributed by atoms with E-state index >= 15 is 0 Å². The second-order valence-corrected chi connectivity index (χ2v) is 5.41. The summed E-state index contributed by atoms with van der Waals surface area (Å²) < 4.78 is 2.16. The molecule has 1 amide bonds. The first-order chi connectivity index (χ1) is 10.2. The number of rotatable bonds is 7. The summed E-state index contributed by atoms with van der Waals surface area (Å²) >= 11 is 0. The molecule has 0 aliphatic heterocycles. The minimum absolute atomic E-state index is 0. The molecule has 2 aromatic rings. The Hall–Kier alpha value is -1.74. The van der Waals surface area contributed by atoms with Crippen LogP contribution in [0.15, 0.2) is 42.6 Å². The van der Waals surface area contributed by atoms with Crippen LogP contribution in [0, 0.1) is 6.92 Å². The molecule has 1 heterocycles. The van der Waals surface area contributed by atoms with Crippen molar-refractivity contribution in [3.63, 3.8) is 0 Å². The summed E-state index contributed by atoms with van der Waals surface area (Å²) in [4.78, 5) is 12.1. The molecule has 0 unspecified atom stereocenters. The van der Waals surface area contributed by atoms with E-state index < -0.39 is 0 Å². The van der Waals surface area contributed by atoms with E-state index in [0.717, 1.165) is 37.1 Å². The second kappa shape index (κ2) is 9.31. The van der Waals surface area contributed by atoms with Crippen LogP contribution in [0.25, 0.3) is 0 Å². The Kier molecular flexibility index (Phi) is 7.75. The SMILES string of the molecule is CCCCn1cc(C(=O)NCCc2ccccc2)cc1C.Cl. The highest BCUT2D eigenvalue weighted by molar-refractivity contribution is 5.94. The molecule has 0 radical (unpaired) electrons. The zero-order valence-corrected chi connectivity index (χ0v) is 14.2. The third kappa shape index (κ3) is 5.23. The minimum Gasteiger partial charge on any atom is -0.352 e. The summed E-state index contributed by atoms with van der Waals surface area (Å²) in [5, 5.41) is 2.99. The zero-order valence-electron chi connectivity index (χ0n) is 13.3. The standard InChI is InChI=1S/C18H24N2O.ClH/c1-3-4-12-20-14-17(13-15(20)2)18(21)19-11-10-16-8-6-5-7-9-16;/h5-9,13-14H,3-4,10-12H2,1-2H3,(H,19,21);1H. The Balaban J connectivity index is 0.00000242. The first-order valence-electron chi connectivity index (χ1n) is 7.69. The molecule has 1 aromatic heterocycles. The number of hydrogen-bond acceptors (Lipinski definition) is 1. The monoisotopic (exact) mass is 320 g/mol. The highest BCUT2D eigenvalue weighted by Crippen LogP contribution is 2.09. The maximum Gasteiger partial charge on any atom is 0.252 e. The van der Waals surface area contributed by atoms with Crippen LogP contribution in [0.1, 0.15) is 41.4 Å². The van der Waals surface area contributed by atoms with Gasteiger partial charge in [-0.15, -0.1) is 12.4 Å². The smallest absolute Gasteiger partial charge is 0.252 e. The molecule has 0 aliphatic rings. The van der Waals surface area contributed by atoms with E-state index in [4.69, 9.17) is 0 Å². The molecule has 1 N–H and O–H groups in total. The van der Waals surface area contributed by atoms with Crippen LogP contribution in [0.4, 0.5) is 0 Å².